The van der Waals surface area contributed by atoms with Crippen molar-refractivity contribution in [2.45, 2.75) is 22.2 Å². The van der Waals surface area contributed by atoms with Gasteiger partial charge in [-0.1, -0.05) is 29.3 Å². The van der Waals surface area contributed by atoms with Crippen molar-refractivity contribution in [1.82, 2.24) is 0 Å². The average molecular weight is 545 g/mol. The number of hydrogen-bond acceptors (Lipinski definition) is 5. The van der Waals surface area contributed by atoms with Crippen molar-refractivity contribution in [3.8, 4) is 0 Å². The summed E-state index contributed by atoms with van der Waals surface area (Å²) in [7, 11) is -8.62. The Kier molecular flexibility index (Phi) is 6.74. The number of sulfonamides is 2. The number of anilines is 2. The molecule has 0 saturated carbocycles. The van der Waals surface area contributed by atoms with Crippen LogP contribution in [0.2, 0.25) is 10.0 Å². The van der Waals surface area contributed by atoms with Crippen molar-refractivity contribution in [3.05, 3.63) is 69.0 Å². The first kappa shape index (κ1) is 24.6. The first-order valence-corrected chi connectivity index (χ1v) is 13.1. The van der Waals surface area contributed by atoms with Gasteiger partial charge in [0.05, 0.1) is 26.9 Å². The third kappa shape index (κ3) is 5.31. The molecule has 2 aromatic carbocycles. The molecule has 0 aliphatic carbocycles. The number of rotatable bonds is 6. The molecule has 2 N–H and O–H groups in total. The van der Waals surface area contributed by atoms with E-state index in [0.29, 0.717) is 11.6 Å². The summed E-state index contributed by atoms with van der Waals surface area (Å²) < 4.78 is 94.5. The number of thiophene rings is 1. The maximum atomic E-state index is 13.1. The molecule has 172 valence electrons. The van der Waals surface area contributed by atoms with Gasteiger partial charge in [-0.15, -0.1) is 11.3 Å². The summed E-state index contributed by atoms with van der Waals surface area (Å²) in [6.45, 7) is 1.54. The second-order valence-electron chi connectivity index (χ2n) is 6.43. The van der Waals surface area contributed by atoms with Crippen molar-refractivity contribution < 1.29 is 30.0 Å². The lowest BCUT2D eigenvalue weighted by Crippen LogP contribution is -2.18. The highest BCUT2D eigenvalue weighted by molar-refractivity contribution is 7.94. The molecule has 14 heteroatoms. The number of hydrogen-bond donors (Lipinski definition) is 2. The minimum absolute atomic E-state index is 0.0319. The molecule has 6 nitrogen and oxygen atoms in total. The molecule has 3 aromatic rings. The maximum Gasteiger partial charge on any atom is 0.417 e. The standard InChI is InChI=1S/C18H13Cl2F3N2O4S3/c1-10-7-15(16(9-14(10)20)25-32(28,29)17-3-2-6-30-17)24-31(26,27)11-4-5-13(19)12(8-11)18(21,22)23/h2-9,24-25H,1H3. The Bertz CT molecular complexity index is 1380. The molecule has 0 atom stereocenters. The molecule has 0 spiro atoms. The third-order valence-corrected chi connectivity index (χ3v) is 8.96. The van der Waals surface area contributed by atoms with E-state index in [1.54, 1.807) is 12.3 Å². The van der Waals surface area contributed by atoms with E-state index in [9.17, 15) is 30.0 Å². The van der Waals surface area contributed by atoms with Gasteiger partial charge >= 0.3 is 6.18 Å². The summed E-state index contributed by atoms with van der Waals surface area (Å²) in [6, 6.07) is 7.42. The van der Waals surface area contributed by atoms with E-state index in [2.05, 4.69) is 9.44 Å². The maximum absolute atomic E-state index is 13.1. The number of aryl methyl sites for hydroxylation is 1. The van der Waals surface area contributed by atoms with Gasteiger partial charge in [-0.3, -0.25) is 9.44 Å². The number of halogens is 5. The van der Waals surface area contributed by atoms with Crippen molar-refractivity contribution in [3.63, 3.8) is 0 Å². The minimum Gasteiger partial charge on any atom is -0.277 e. The predicted octanol–water partition coefficient (Wildman–Crippen LogP) is 5.98. The van der Waals surface area contributed by atoms with Gasteiger partial charge in [-0.25, -0.2) is 16.8 Å². The van der Waals surface area contributed by atoms with Gasteiger partial charge in [0.25, 0.3) is 20.0 Å². The lowest BCUT2D eigenvalue weighted by molar-refractivity contribution is -0.137. The lowest BCUT2D eigenvalue weighted by atomic mass is 10.2. The van der Waals surface area contributed by atoms with Crippen LogP contribution in [0.1, 0.15) is 11.1 Å². The van der Waals surface area contributed by atoms with Crippen LogP contribution in [0.5, 0.6) is 0 Å². The normalized spacial score (nSPS) is 12.6. The molecule has 0 radical (unpaired) electrons. The molecule has 0 unspecified atom stereocenters. The van der Waals surface area contributed by atoms with Crippen LogP contribution in [-0.2, 0) is 26.2 Å². The second kappa shape index (κ2) is 8.75. The minimum atomic E-state index is -4.87. The van der Waals surface area contributed by atoms with Crippen molar-refractivity contribution in [2.24, 2.45) is 0 Å². The van der Waals surface area contributed by atoms with Gasteiger partial charge in [0.15, 0.2) is 0 Å². The van der Waals surface area contributed by atoms with Crippen LogP contribution in [0.15, 0.2) is 56.9 Å². The first-order valence-electron chi connectivity index (χ1n) is 8.47. The number of nitrogens with one attached hydrogen (secondary N) is 2. The Morgan fingerprint density at radius 2 is 1.50 bits per heavy atom. The topological polar surface area (TPSA) is 92.3 Å². The highest BCUT2D eigenvalue weighted by Crippen LogP contribution is 2.37. The fourth-order valence-electron chi connectivity index (χ4n) is 2.55. The summed E-state index contributed by atoms with van der Waals surface area (Å²) in [5.74, 6) is 0. The third-order valence-electron chi connectivity index (χ3n) is 4.10. The monoisotopic (exact) mass is 544 g/mol. The Balaban J connectivity index is 2.04. The van der Waals surface area contributed by atoms with E-state index in [-0.39, 0.29) is 20.6 Å². The van der Waals surface area contributed by atoms with Crippen LogP contribution in [0.4, 0.5) is 24.5 Å². The van der Waals surface area contributed by atoms with Crippen molar-refractivity contribution in [1.29, 1.82) is 0 Å². The van der Waals surface area contributed by atoms with Gasteiger partial charge in [0.1, 0.15) is 4.21 Å². The van der Waals surface area contributed by atoms with Crippen molar-refractivity contribution >= 4 is 66.0 Å². The van der Waals surface area contributed by atoms with E-state index < -0.39 is 41.7 Å². The molecule has 1 aromatic heterocycles. The molecule has 0 aliphatic rings. The van der Waals surface area contributed by atoms with Gasteiger partial charge in [0, 0.05) is 5.02 Å². The summed E-state index contributed by atoms with van der Waals surface area (Å²) in [6.07, 6.45) is -4.87. The summed E-state index contributed by atoms with van der Waals surface area (Å²) in [5, 5.41) is 1.02. The molecule has 0 aliphatic heterocycles. The highest BCUT2D eigenvalue weighted by atomic mass is 35.5. The Morgan fingerprint density at radius 3 is 2.09 bits per heavy atom. The van der Waals surface area contributed by atoms with Gasteiger partial charge in [0.2, 0.25) is 0 Å². The fourth-order valence-corrected chi connectivity index (χ4v) is 6.10. The van der Waals surface area contributed by atoms with E-state index in [0.717, 1.165) is 23.5 Å². The largest absolute Gasteiger partial charge is 0.417 e. The molecule has 0 saturated heterocycles. The van der Waals surface area contributed by atoms with Crippen molar-refractivity contribution in [2.75, 3.05) is 9.44 Å². The van der Waals surface area contributed by atoms with Crippen LogP contribution in [0.3, 0.4) is 0 Å². The molecule has 3 rings (SSSR count). The summed E-state index contributed by atoms with van der Waals surface area (Å²) in [4.78, 5) is -0.714. The highest BCUT2D eigenvalue weighted by Gasteiger charge is 2.34. The van der Waals surface area contributed by atoms with E-state index >= 15 is 0 Å². The second-order valence-corrected chi connectivity index (χ2v) is 11.8. The van der Waals surface area contributed by atoms with Gasteiger partial charge in [-0.05, 0) is 54.3 Å². The van der Waals surface area contributed by atoms with Gasteiger partial charge in [-0.2, -0.15) is 13.2 Å². The molecule has 32 heavy (non-hydrogen) atoms. The zero-order valence-corrected chi connectivity index (χ0v) is 19.8. The first-order chi connectivity index (χ1) is 14.7. The molecular weight excluding hydrogens is 532 g/mol. The molecule has 0 bridgehead atoms. The molecule has 0 fully saturated rings. The van der Waals surface area contributed by atoms with E-state index in [1.807, 2.05) is 0 Å². The van der Waals surface area contributed by atoms with Crippen LogP contribution >= 0.6 is 34.5 Å². The zero-order valence-electron chi connectivity index (χ0n) is 15.9. The number of alkyl halides is 3. The fraction of sp³-hybridized carbons (Fsp3) is 0.111. The summed E-state index contributed by atoms with van der Waals surface area (Å²) >= 11 is 12.6. The summed E-state index contributed by atoms with van der Waals surface area (Å²) in [5.41, 5.74) is -1.36. The molecular formula is C18H13Cl2F3N2O4S3. The van der Waals surface area contributed by atoms with Crippen LogP contribution in [0.25, 0.3) is 0 Å². The number of benzene rings is 2. The van der Waals surface area contributed by atoms with Crippen LogP contribution < -0.4 is 9.44 Å². The zero-order chi connectivity index (χ0) is 23.9. The lowest BCUT2D eigenvalue weighted by Gasteiger charge is -2.17. The molecule has 0 amide bonds. The van der Waals surface area contributed by atoms with Gasteiger partial charge < -0.3 is 0 Å². The molecule has 1 heterocycles. The van der Waals surface area contributed by atoms with E-state index in [4.69, 9.17) is 23.2 Å². The average Bonchev–Trinajstić information content (AvgIpc) is 3.20. The Labute approximate surface area is 196 Å². The smallest absolute Gasteiger partial charge is 0.277 e. The van der Waals surface area contributed by atoms with E-state index in [1.165, 1.54) is 24.3 Å². The Morgan fingerprint density at radius 1 is 0.875 bits per heavy atom. The van der Waals surface area contributed by atoms with Crippen LogP contribution in [0, 0.1) is 6.92 Å². The quantitative estimate of drug-likeness (QED) is 0.399. The predicted molar refractivity (Wildman–Crippen MR) is 119 cm³/mol. The SMILES string of the molecule is Cc1cc(NS(=O)(=O)c2ccc(Cl)c(C(F)(F)F)c2)c(NS(=O)(=O)c2cccs2)cc1Cl. The van der Waals surface area contributed by atoms with Crippen LogP contribution in [-0.4, -0.2) is 16.8 Å². The Hall–Kier alpha value is -1.99.